The minimum atomic E-state index is -0.982. The van der Waals surface area contributed by atoms with Crippen molar-refractivity contribution in [3.05, 3.63) is 88.7 Å². The number of rotatable bonds is 9. The molecule has 5 rings (SSSR count). The number of likely N-dealkylation sites (tertiary alicyclic amines) is 1. The average molecular weight is 551 g/mol. The highest BCUT2D eigenvalue weighted by Gasteiger charge is 2.18. The maximum absolute atomic E-state index is 12.8. The summed E-state index contributed by atoms with van der Waals surface area (Å²) < 4.78 is 18.8. The van der Waals surface area contributed by atoms with Crippen LogP contribution in [0.4, 0.5) is 4.39 Å². The number of ketones is 1. The highest BCUT2D eigenvalue weighted by Crippen LogP contribution is 2.30. The van der Waals surface area contributed by atoms with E-state index in [-0.39, 0.29) is 11.4 Å². The van der Waals surface area contributed by atoms with Crippen LogP contribution in [0.15, 0.2) is 66.7 Å². The van der Waals surface area contributed by atoms with Gasteiger partial charge in [-0.1, -0.05) is 54.1 Å². The average Bonchev–Trinajstić information content (AvgIpc) is 3.65. The molecule has 1 amide bonds. The standard InChI is InChI=1S/C18H26ClNO.C14H10FNO2/c19-17-14-15(6-5-13-20-11-3-4-12-20)9-10-18(17)21-16-7-1-2-8-16;15-12-7-5-10(6-8-12)9-1-3-11(4-2-9)13(17)14(16)18/h9-10,14,16H,1-8,11-13H2;1-8H,(H2,16,18). The van der Waals surface area contributed by atoms with Crippen LogP contribution in [0.1, 0.15) is 60.9 Å². The maximum atomic E-state index is 12.8. The Hall–Kier alpha value is -3.22. The second-order valence-corrected chi connectivity index (χ2v) is 10.6. The van der Waals surface area contributed by atoms with Crippen LogP contribution in [0.5, 0.6) is 5.75 Å². The van der Waals surface area contributed by atoms with Crippen molar-refractivity contribution in [1.29, 1.82) is 0 Å². The molecule has 0 atom stereocenters. The molecule has 206 valence electrons. The number of ether oxygens (including phenoxy) is 1. The van der Waals surface area contributed by atoms with E-state index in [0.717, 1.165) is 28.3 Å². The molecule has 1 saturated heterocycles. The number of amides is 1. The fourth-order valence-corrected chi connectivity index (χ4v) is 5.34. The molecule has 39 heavy (non-hydrogen) atoms. The van der Waals surface area contributed by atoms with E-state index in [1.54, 1.807) is 24.3 Å². The van der Waals surface area contributed by atoms with Gasteiger partial charge in [-0.05, 0) is 112 Å². The summed E-state index contributed by atoms with van der Waals surface area (Å²) in [6, 6.07) is 18.7. The van der Waals surface area contributed by atoms with Crippen LogP contribution in [0.25, 0.3) is 11.1 Å². The topological polar surface area (TPSA) is 72.6 Å². The van der Waals surface area contributed by atoms with Crippen molar-refractivity contribution in [1.82, 2.24) is 4.90 Å². The largest absolute Gasteiger partial charge is 0.489 e. The molecule has 2 fully saturated rings. The summed E-state index contributed by atoms with van der Waals surface area (Å²) in [4.78, 5) is 24.6. The van der Waals surface area contributed by atoms with Crippen molar-refractivity contribution in [2.75, 3.05) is 19.6 Å². The minimum absolute atomic E-state index is 0.244. The van der Waals surface area contributed by atoms with Gasteiger partial charge in [-0.15, -0.1) is 0 Å². The Labute approximate surface area is 235 Å². The number of Topliss-reactive ketones (excluding diaryl/α,β-unsaturated/α-hetero) is 1. The molecule has 2 aliphatic rings. The van der Waals surface area contributed by atoms with Crippen LogP contribution in [-0.2, 0) is 11.2 Å². The zero-order chi connectivity index (χ0) is 27.6. The summed E-state index contributed by atoms with van der Waals surface area (Å²) in [6.07, 6.45) is 10.4. The van der Waals surface area contributed by atoms with Gasteiger partial charge in [-0.25, -0.2) is 4.39 Å². The van der Waals surface area contributed by atoms with Crippen LogP contribution in [-0.4, -0.2) is 42.3 Å². The molecule has 2 N–H and O–H groups in total. The first-order valence-electron chi connectivity index (χ1n) is 13.8. The molecule has 0 unspecified atom stereocenters. The molecule has 0 bridgehead atoms. The lowest BCUT2D eigenvalue weighted by Crippen LogP contribution is -2.22. The maximum Gasteiger partial charge on any atom is 0.289 e. The summed E-state index contributed by atoms with van der Waals surface area (Å²) in [6.45, 7) is 3.79. The third-order valence-electron chi connectivity index (χ3n) is 7.28. The number of benzene rings is 3. The quantitative estimate of drug-likeness (QED) is 0.233. The molecule has 0 aromatic heterocycles. The van der Waals surface area contributed by atoms with Crippen molar-refractivity contribution in [2.24, 2.45) is 5.73 Å². The van der Waals surface area contributed by atoms with Gasteiger partial charge in [-0.2, -0.15) is 0 Å². The number of nitrogens with two attached hydrogens (primary N) is 1. The first-order chi connectivity index (χ1) is 18.9. The lowest BCUT2D eigenvalue weighted by atomic mass is 10.0. The first kappa shape index (κ1) is 28.8. The van der Waals surface area contributed by atoms with Gasteiger partial charge in [0.1, 0.15) is 11.6 Å². The summed E-state index contributed by atoms with van der Waals surface area (Å²) in [7, 11) is 0. The molecule has 3 aromatic rings. The van der Waals surface area contributed by atoms with Gasteiger partial charge >= 0.3 is 0 Å². The predicted molar refractivity (Wildman–Crippen MR) is 154 cm³/mol. The van der Waals surface area contributed by atoms with E-state index < -0.39 is 11.7 Å². The lowest BCUT2D eigenvalue weighted by molar-refractivity contribution is -0.114. The van der Waals surface area contributed by atoms with Gasteiger partial charge < -0.3 is 15.4 Å². The van der Waals surface area contributed by atoms with Crippen LogP contribution in [0.2, 0.25) is 5.02 Å². The third-order valence-corrected chi connectivity index (χ3v) is 7.57. The molecular weight excluding hydrogens is 515 g/mol. The zero-order valence-electron chi connectivity index (χ0n) is 22.2. The molecule has 3 aromatic carbocycles. The minimum Gasteiger partial charge on any atom is -0.489 e. The molecule has 1 heterocycles. The lowest BCUT2D eigenvalue weighted by Gasteiger charge is -2.16. The number of aryl methyl sites for hydroxylation is 1. The molecule has 7 heteroatoms. The predicted octanol–water partition coefficient (Wildman–Crippen LogP) is 6.85. The molecular formula is C32H36ClFN2O3. The Kier molecular flexibility index (Phi) is 10.5. The molecule has 0 spiro atoms. The number of carbonyl (C=O) groups excluding carboxylic acids is 2. The van der Waals surface area contributed by atoms with Crippen LogP contribution >= 0.6 is 11.6 Å². The van der Waals surface area contributed by atoms with Crippen molar-refractivity contribution < 1.29 is 18.7 Å². The van der Waals surface area contributed by atoms with E-state index >= 15 is 0 Å². The van der Waals surface area contributed by atoms with Crippen LogP contribution in [0.3, 0.4) is 0 Å². The van der Waals surface area contributed by atoms with E-state index in [2.05, 4.69) is 23.1 Å². The fourth-order valence-electron chi connectivity index (χ4n) is 5.09. The summed E-state index contributed by atoms with van der Waals surface area (Å²) in [5.41, 5.74) is 8.14. The smallest absolute Gasteiger partial charge is 0.289 e. The highest BCUT2D eigenvalue weighted by molar-refractivity contribution is 6.42. The summed E-state index contributed by atoms with van der Waals surface area (Å²) >= 11 is 6.38. The number of hydrogen-bond donors (Lipinski definition) is 1. The number of halogens is 2. The van der Waals surface area contributed by atoms with Crippen molar-refractivity contribution in [2.45, 2.75) is 57.5 Å². The van der Waals surface area contributed by atoms with E-state index in [0.29, 0.717) is 6.10 Å². The van der Waals surface area contributed by atoms with Gasteiger partial charge in [0.25, 0.3) is 5.91 Å². The van der Waals surface area contributed by atoms with Crippen molar-refractivity contribution in [3.8, 4) is 16.9 Å². The van der Waals surface area contributed by atoms with E-state index in [1.165, 1.54) is 94.4 Å². The number of nitrogens with zero attached hydrogens (tertiary/aromatic N) is 1. The monoisotopic (exact) mass is 550 g/mol. The van der Waals surface area contributed by atoms with Gasteiger partial charge in [0.05, 0.1) is 11.1 Å². The Balaban J connectivity index is 0.000000183. The van der Waals surface area contributed by atoms with E-state index in [4.69, 9.17) is 22.1 Å². The number of carbonyl (C=O) groups is 2. The third kappa shape index (κ3) is 8.64. The highest BCUT2D eigenvalue weighted by atomic mass is 35.5. The Bertz CT molecular complexity index is 1240. The molecule has 0 radical (unpaired) electrons. The Morgan fingerprint density at radius 1 is 0.897 bits per heavy atom. The molecule has 5 nitrogen and oxygen atoms in total. The fraction of sp³-hybridized carbons (Fsp3) is 0.375. The Morgan fingerprint density at radius 3 is 2.10 bits per heavy atom. The van der Waals surface area contributed by atoms with E-state index in [1.807, 2.05) is 0 Å². The van der Waals surface area contributed by atoms with Gasteiger partial charge in [0.15, 0.2) is 0 Å². The summed E-state index contributed by atoms with van der Waals surface area (Å²) in [5.74, 6) is -1.14. The molecule has 1 saturated carbocycles. The van der Waals surface area contributed by atoms with Crippen molar-refractivity contribution in [3.63, 3.8) is 0 Å². The number of hydrogen-bond acceptors (Lipinski definition) is 4. The Morgan fingerprint density at radius 2 is 1.51 bits per heavy atom. The zero-order valence-corrected chi connectivity index (χ0v) is 23.0. The second kappa shape index (κ2) is 14.2. The van der Waals surface area contributed by atoms with E-state index in [9.17, 15) is 14.0 Å². The SMILES string of the molecule is Clc1cc(CCCN2CCCC2)ccc1OC1CCCC1.NC(=O)C(=O)c1ccc(-c2ccc(F)cc2)cc1. The van der Waals surface area contributed by atoms with Gasteiger partial charge in [-0.3, -0.25) is 9.59 Å². The van der Waals surface area contributed by atoms with Crippen LogP contribution < -0.4 is 10.5 Å². The van der Waals surface area contributed by atoms with Crippen molar-refractivity contribution >= 4 is 23.3 Å². The summed E-state index contributed by atoms with van der Waals surface area (Å²) in [5, 5.41) is 0.778. The normalized spacial score (nSPS) is 15.5. The first-order valence-corrected chi connectivity index (χ1v) is 14.1. The van der Waals surface area contributed by atoms with Gasteiger partial charge in [0, 0.05) is 5.56 Å². The molecule has 1 aliphatic carbocycles. The number of primary amides is 1. The molecule has 1 aliphatic heterocycles. The van der Waals surface area contributed by atoms with Crippen LogP contribution in [0, 0.1) is 5.82 Å². The second-order valence-electron chi connectivity index (χ2n) is 10.2. The van der Waals surface area contributed by atoms with Gasteiger partial charge in [0.2, 0.25) is 5.78 Å².